The lowest BCUT2D eigenvalue weighted by Crippen LogP contribution is -1.79. The molecular weight excluding hydrogens is 274 g/mol. The number of aryl methyl sites for hydroxylation is 1. The van der Waals surface area contributed by atoms with Gasteiger partial charge < -0.3 is 0 Å². The van der Waals surface area contributed by atoms with E-state index in [-0.39, 0.29) is 0 Å². The normalized spacial score (nSPS) is 11.4. The van der Waals surface area contributed by atoms with Gasteiger partial charge in [-0.3, -0.25) is 0 Å². The first kappa shape index (κ1) is 11.0. The van der Waals surface area contributed by atoms with Gasteiger partial charge in [0.15, 0.2) is 0 Å². The topological polar surface area (TPSA) is 38.7 Å². The number of benzene rings is 2. The Labute approximate surface area is 117 Å². The molecule has 0 N–H and O–H groups in total. The Bertz CT molecular complexity index is 892. The fourth-order valence-corrected chi connectivity index (χ4v) is 3.65. The van der Waals surface area contributed by atoms with Crippen LogP contribution in [-0.2, 0) is 0 Å². The molecule has 2 aromatic heterocycles. The smallest absolute Gasteiger partial charge is 0.126 e. The van der Waals surface area contributed by atoms with Crippen LogP contribution >= 0.6 is 23.1 Å². The van der Waals surface area contributed by atoms with E-state index in [0.717, 1.165) is 27.1 Å². The van der Waals surface area contributed by atoms with E-state index in [0.29, 0.717) is 0 Å². The van der Waals surface area contributed by atoms with Gasteiger partial charge in [-0.05, 0) is 36.8 Å². The highest BCUT2D eigenvalue weighted by Crippen LogP contribution is 2.34. The molecule has 0 fully saturated rings. The first-order chi connectivity index (χ1) is 9.31. The molecule has 4 aromatic rings. The highest BCUT2D eigenvalue weighted by atomic mass is 32.1. The molecule has 0 atom stereocenters. The third-order valence-corrected chi connectivity index (χ3v) is 4.67. The largest absolute Gasteiger partial charge is 0.236 e. The summed E-state index contributed by atoms with van der Waals surface area (Å²) in [5.74, 6) is 0. The van der Waals surface area contributed by atoms with Gasteiger partial charge in [0.2, 0.25) is 0 Å². The fraction of sp³-hybridized carbons (Fsp3) is 0.0714. The van der Waals surface area contributed by atoms with Crippen LogP contribution in [0.5, 0.6) is 0 Å². The Balaban J connectivity index is 2.01. The first-order valence-electron chi connectivity index (χ1n) is 5.90. The van der Waals surface area contributed by atoms with Crippen molar-refractivity contribution in [1.82, 2.24) is 13.7 Å². The zero-order valence-corrected chi connectivity index (χ0v) is 11.8. The molecule has 0 saturated carbocycles. The molecule has 5 heteroatoms. The SMILES string of the molecule is Cc1ccc2sc(-c3cccc4nsnc34)nc2c1. The van der Waals surface area contributed by atoms with Crippen LogP contribution in [-0.4, -0.2) is 13.7 Å². The van der Waals surface area contributed by atoms with Crippen molar-refractivity contribution >= 4 is 44.3 Å². The van der Waals surface area contributed by atoms with Crippen LogP contribution < -0.4 is 0 Å². The molecule has 19 heavy (non-hydrogen) atoms. The molecule has 0 radical (unpaired) electrons. The maximum Gasteiger partial charge on any atom is 0.126 e. The minimum absolute atomic E-state index is 0.943. The quantitative estimate of drug-likeness (QED) is 0.523. The summed E-state index contributed by atoms with van der Waals surface area (Å²) in [5, 5.41) is 1.01. The lowest BCUT2D eigenvalue weighted by Gasteiger charge is -1.95. The van der Waals surface area contributed by atoms with E-state index in [1.807, 2.05) is 12.1 Å². The molecule has 92 valence electrons. The first-order valence-corrected chi connectivity index (χ1v) is 7.45. The van der Waals surface area contributed by atoms with Gasteiger partial charge in [0.25, 0.3) is 0 Å². The van der Waals surface area contributed by atoms with Gasteiger partial charge in [0.05, 0.1) is 21.9 Å². The number of hydrogen-bond acceptors (Lipinski definition) is 5. The van der Waals surface area contributed by atoms with Crippen LogP contribution in [0.2, 0.25) is 0 Å². The van der Waals surface area contributed by atoms with Crippen molar-refractivity contribution in [3.8, 4) is 10.6 Å². The molecule has 2 heterocycles. The molecule has 0 saturated heterocycles. The van der Waals surface area contributed by atoms with E-state index in [4.69, 9.17) is 4.98 Å². The zero-order valence-electron chi connectivity index (χ0n) is 10.1. The summed E-state index contributed by atoms with van der Waals surface area (Å²) in [6.07, 6.45) is 0. The van der Waals surface area contributed by atoms with E-state index in [9.17, 15) is 0 Å². The van der Waals surface area contributed by atoms with Crippen molar-refractivity contribution in [2.75, 3.05) is 0 Å². The van der Waals surface area contributed by atoms with E-state index in [1.54, 1.807) is 11.3 Å². The highest BCUT2D eigenvalue weighted by molar-refractivity contribution is 7.21. The minimum Gasteiger partial charge on any atom is -0.236 e. The predicted molar refractivity (Wildman–Crippen MR) is 80.8 cm³/mol. The molecule has 0 aliphatic heterocycles. The summed E-state index contributed by atoms with van der Waals surface area (Å²) >= 11 is 2.95. The van der Waals surface area contributed by atoms with Gasteiger partial charge in [-0.15, -0.1) is 11.3 Å². The standard InChI is InChI=1S/C14H9N3S2/c1-8-5-6-12-11(7-8)15-14(18-12)9-3-2-4-10-13(9)17-19-16-10/h2-7H,1H3. The van der Waals surface area contributed by atoms with Crippen LogP contribution in [0.4, 0.5) is 0 Å². The van der Waals surface area contributed by atoms with E-state index < -0.39 is 0 Å². The molecule has 0 amide bonds. The van der Waals surface area contributed by atoms with E-state index in [1.165, 1.54) is 22.0 Å². The van der Waals surface area contributed by atoms with Crippen molar-refractivity contribution in [2.45, 2.75) is 6.92 Å². The van der Waals surface area contributed by atoms with Gasteiger partial charge in [-0.25, -0.2) is 4.98 Å². The summed E-state index contributed by atoms with van der Waals surface area (Å²) in [7, 11) is 0. The molecule has 2 aromatic carbocycles. The Morgan fingerprint density at radius 1 is 1.00 bits per heavy atom. The molecule has 0 bridgehead atoms. The molecule has 4 rings (SSSR count). The average molecular weight is 283 g/mol. The summed E-state index contributed by atoms with van der Waals surface area (Å²) in [4.78, 5) is 4.73. The second-order valence-corrected chi connectivity index (χ2v) is 5.99. The number of hydrogen-bond donors (Lipinski definition) is 0. The van der Waals surface area contributed by atoms with Crippen LogP contribution in [0, 0.1) is 6.92 Å². The van der Waals surface area contributed by atoms with Gasteiger partial charge in [-0.1, -0.05) is 12.1 Å². The van der Waals surface area contributed by atoms with Crippen LogP contribution in [0.1, 0.15) is 5.56 Å². The Morgan fingerprint density at radius 3 is 2.89 bits per heavy atom. The van der Waals surface area contributed by atoms with Crippen LogP contribution in [0.15, 0.2) is 36.4 Å². The third-order valence-electron chi connectivity index (χ3n) is 3.06. The predicted octanol–water partition coefficient (Wildman–Crippen LogP) is 4.28. The third kappa shape index (κ3) is 1.74. The van der Waals surface area contributed by atoms with Crippen LogP contribution in [0.3, 0.4) is 0 Å². The number of fused-ring (bicyclic) bond motifs is 2. The van der Waals surface area contributed by atoms with Crippen molar-refractivity contribution in [3.05, 3.63) is 42.0 Å². The Kier molecular flexibility index (Phi) is 2.36. The summed E-state index contributed by atoms with van der Waals surface area (Å²) in [5.41, 5.74) is 5.25. The molecular formula is C14H9N3S2. The van der Waals surface area contributed by atoms with Crippen molar-refractivity contribution in [2.24, 2.45) is 0 Å². The van der Waals surface area contributed by atoms with Crippen LogP contribution in [0.25, 0.3) is 31.8 Å². The van der Waals surface area contributed by atoms with Crippen molar-refractivity contribution in [1.29, 1.82) is 0 Å². The fourth-order valence-electron chi connectivity index (χ4n) is 2.13. The summed E-state index contributed by atoms with van der Waals surface area (Å²) in [6, 6.07) is 12.4. The zero-order chi connectivity index (χ0) is 12.8. The molecule has 3 nitrogen and oxygen atoms in total. The summed E-state index contributed by atoms with van der Waals surface area (Å²) in [6.45, 7) is 2.09. The molecule has 0 aliphatic carbocycles. The lowest BCUT2D eigenvalue weighted by atomic mass is 10.2. The van der Waals surface area contributed by atoms with Gasteiger partial charge in [-0.2, -0.15) is 8.75 Å². The Morgan fingerprint density at radius 2 is 1.95 bits per heavy atom. The second-order valence-electron chi connectivity index (χ2n) is 4.43. The highest BCUT2D eigenvalue weighted by Gasteiger charge is 2.11. The van der Waals surface area contributed by atoms with E-state index >= 15 is 0 Å². The lowest BCUT2D eigenvalue weighted by molar-refractivity contribution is 1.44. The second kappa shape index (κ2) is 4.08. The Hall–Kier alpha value is -1.85. The maximum atomic E-state index is 4.73. The summed E-state index contributed by atoms with van der Waals surface area (Å²) < 4.78 is 9.87. The number of thiazole rings is 1. The van der Waals surface area contributed by atoms with Gasteiger partial charge in [0, 0.05) is 5.56 Å². The minimum atomic E-state index is 0.943. The maximum absolute atomic E-state index is 4.73. The van der Waals surface area contributed by atoms with Gasteiger partial charge >= 0.3 is 0 Å². The van der Waals surface area contributed by atoms with E-state index in [2.05, 4.69) is 39.9 Å². The average Bonchev–Trinajstić information content (AvgIpc) is 3.03. The van der Waals surface area contributed by atoms with Crippen molar-refractivity contribution < 1.29 is 0 Å². The number of rotatable bonds is 1. The number of nitrogens with zero attached hydrogens (tertiary/aromatic N) is 3. The molecule has 0 aliphatic rings. The molecule has 0 spiro atoms. The van der Waals surface area contributed by atoms with Crippen molar-refractivity contribution in [3.63, 3.8) is 0 Å². The monoisotopic (exact) mass is 283 g/mol. The number of aromatic nitrogens is 3. The van der Waals surface area contributed by atoms with Gasteiger partial charge in [0.1, 0.15) is 16.0 Å². The molecule has 0 unspecified atom stereocenters.